The van der Waals surface area contributed by atoms with Gasteiger partial charge in [-0.25, -0.2) is 0 Å². The fourth-order valence-electron chi connectivity index (χ4n) is 1.26. The molecule has 1 N–H and O–H groups in total. The monoisotopic (exact) mass is 347 g/mol. The first kappa shape index (κ1) is 17.7. The highest BCUT2D eigenvalue weighted by atomic mass is 32.1. The van der Waals surface area contributed by atoms with Gasteiger partial charge in [0.05, 0.1) is 15.6 Å². The second kappa shape index (κ2) is 4.85. The highest BCUT2D eigenvalue weighted by Gasteiger charge is 2.62. The summed E-state index contributed by atoms with van der Waals surface area (Å²) in [5, 5.41) is 0. The number of nitrogens with one attached hydrogen (secondary N) is 1. The van der Waals surface area contributed by atoms with E-state index in [0.29, 0.717) is 0 Å². The first-order chi connectivity index (χ1) is 9.14. The minimum absolute atomic E-state index is 0.0776. The number of alkyl halides is 10. The Balaban J connectivity index is 3.60. The summed E-state index contributed by atoms with van der Waals surface area (Å²) in [5.74, 6) is -11.4. The third kappa shape index (κ3) is 2.85. The van der Waals surface area contributed by atoms with E-state index < -0.39 is 39.8 Å². The van der Waals surface area contributed by atoms with E-state index >= 15 is 0 Å². The number of pyridine rings is 1. The quantitative estimate of drug-likeness (QED) is 0.585. The molecule has 1 aromatic heterocycles. The molecule has 0 aliphatic heterocycles. The molecule has 0 amide bonds. The third-order valence-corrected chi connectivity index (χ3v) is 2.77. The van der Waals surface area contributed by atoms with Gasteiger partial charge in [0.25, 0.3) is 0 Å². The fourth-order valence-corrected chi connectivity index (χ4v) is 1.63. The predicted octanol–water partition coefficient (Wildman–Crippen LogP) is 5.05. The zero-order chi connectivity index (χ0) is 16.9. The lowest BCUT2D eigenvalue weighted by Gasteiger charge is -2.23. The topological polar surface area (TPSA) is 15.8 Å². The van der Waals surface area contributed by atoms with Crippen LogP contribution in [-0.2, 0) is 11.8 Å². The number of hydrogen-bond donors (Lipinski definition) is 1. The number of aromatic amines is 1. The summed E-state index contributed by atoms with van der Waals surface area (Å²) in [6, 6.07) is 0. The van der Waals surface area contributed by atoms with Crippen LogP contribution in [0.2, 0.25) is 0 Å². The summed E-state index contributed by atoms with van der Waals surface area (Å²) in [6.45, 7) is 0. The van der Waals surface area contributed by atoms with Crippen molar-refractivity contribution >= 4 is 12.2 Å². The van der Waals surface area contributed by atoms with Gasteiger partial charge in [0, 0.05) is 12.4 Å². The maximum absolute atomic E-state index is 13.1. The summed E-state index contributed by atoms with van der Waals surface area (Å²) in [6.07, 6.45) is -12.6. The third-order valence-electron chi connectivity index (χ3n) is 2.33. The maximum Gasteiger partial charge on any atom is 0.458 e. The first-order valence-electron chi connectivity index (χ1n) is 4.75. The molecule has 1 rings (SSSR count). The van der Waals surface area contributed by atoms with Crippen molar-refractivity contribution in [3.8, 4) is 0 Å². The second-order valence-corrected chi connectivity index (χ2v) is 4.16. The molecule has 0 spiro atoms. The Morgan fingerprint density at radius 2 is 0.952 bits per heavy atom. The van der Waals surface area contributed by atoms with Crippen LogP contribution in [0.15, 0.2) is 12.4 Å². The smallest absolute Gasteiger partial charge is 0.367 e. The Kier molecular flexibility index (Phi) is 4.09. The first-order valence-corrected chi connectivity index (χ1v) is 5.16. The highest BCUT2D eigenvalue weighted by Crippen LogP contribution is 2.48. The molecular weight excluding hydrogens is 344 g/mol. The Bertz CT molecular complexity index is 534. The van der Waals surface area contributed by atoms with Gasteiger partial charge in [0.2, 0.25) is 0 Å². The van der Waals surface area contributed by atoms with Crippen molar-refractivity contribution in [2.45, 2.75) is 24.2 Å². The average Bonchev–Trinajstić information content (AvgIpc) is 2.25. The van der Waals surface area contributed by atoms with Gasteiger partial charge in [-0.15, -0.1) is 0 Å². The molecule has 1 heterocycles. The Morgan fingerprint density at radius 3 is 1.19 bits per heavy atom. The van der Waals surface area contributed by atoms with Gasteiger partial charge in [-0.1, -0.05) is 12.2 Å². The molecular formula is C9H3F10NS. The van der Waals surface area contributed by atoms with Crippen molar-refractivity contribution in [2.24, 2.45) is 0 Å². The molecule has 0 fully saturated rings. The molecule has 0 atom stereocenters. The Hall–Kier alpha value is -1.33. The summed E-state index contributed by atoms with van der Waals surface area (Å²) in [4.78, 5) is 1.40. The molecule has 0 saturated heterocycles. The van der Waals surface area contributed by atoms with E-state index in [2.05, 4.69) is 12.2 Å². The molecule has 0 aliphatic carbocycles. The van der Waals surface area contributed by atoms with E-state index in [1.165, 1.54) is 4.98 Å². The number of aromatic nitrogens is 1. The molecule has 1 nitrogen and oxygen atoms in total. The van der Waals surface area contributed by atoms with Crippen molar-refractivity contribution in [1.82, 2.24) is 4.98 Å². The van der Waals surface area contributed by atoms with E-state index in [9.17, 15) is 43.9 Å². The van der Waals surface area contributed by atoms with Crippen LogP contribution in [0.3, 0.4) is 0 Å². The average molecular weight is 347 g/mol. The van der Waals surface area contributed by atoms with Gasteiger partial charge in [-0.2, -0.15) is 43.9 Å². The zero-order valence-electron chi connectivity index (χ0n) is 9.34. The van der Waals surface area contributed by atoms with Crippen molar-refractivity contribution in [3.63, 3.8) is 0 Å². The Labute approximate surface area is 114 Å². The number of halogens is 10. The molecule has 0 saturated carbocycles. The molecule has 0 aromatic carbocycles. The van der Waals surface area contributed by atoms with Crippen LogP contribution in [0.1, 0.15) is 11.1 Å². The van der Waals surface area contributed by atoms with Crippen LogP contribution in [0, 0.1) is 4.51 Å². The molecule has 120 valence electrons. The van der Waals surface area contributed by atoms with Crippen molar-refractivity contribution in [3.05, 3.63) is 28.0 Å². The minimum Gasteiger partial charge on any atom is -0.367 e. The SMILES string of the molecule is FC(F)(F)C(F)(F)c1c[nH]cc(C(F)(F)C(F)(F)F)c1=S. The van der Waals surface area contributed by atoms with Crippen LogP contribution >= 0.6 is 12.2 Å². The zero-order valence-corrected chi connectivity index (χ0v) is 10.2. The van der Waals surface area contributed by atoms with Crippen LogP contribution < -0.4 is 0 Å². The predicted molar refractivity (Wildman–Crippen MR) is 51.5 cm³/mol. The number of rotatable bonds is 2. The van der Waals surface area contributed by atoms with Gasteiger partial charge in [0.15, 0.2) is 0 Å². The van der Waals surface area contributed by atoms with Gasteiger partial charge >= 0.3 is 24.2 Å². The van der Waals surface area contributed by atoms with E-state index in [1.54, 1.807) is 0 Å². The molecule has 0 radical (unpaired) electrons. The van der Waals surface area contributed by atoms with Crippen molar-refractivity contribution < 1.29 is 43.9 Å². The molecule has 1 aromatic rings. The van der Waals surface area contributed by atoms with Crippen LogP contribution in [0.25, 0.3) is 0 Å². The number of hydrogen-bond acceptors (Lipinski definition) is 1. The highest BCUT2D eigenvalue weighted by molar-refractivity contribution is 7.71. The van der Waals surface area contributed by atoms with Crippen LogP contribution in [-0.4, -0.2) is 17.3 Å². The normalized spacial score (nSPS) is 14.4. The minimum atomic E-state index is -6.21. The molecule has 12 heteroatoms. The van der Waals surface area contributed by atoms with Crippen LogP contribution in [0.5, 0.6) is 0 Å². The van der Waals surface area contributed by atoms with E-state index in [-0.39, 0.29) is 12.4 Å². The van der Waals surface area contributed by atoms with Gasteiger partial charge in [0.1, 0.15) is 0 Å². The van der Waals surface area contributed by atoms with Gasteiger partial charge < -0.3 is 4.98 Å². The largest absolute Gasteiger partial charge is 0.458 e. The molecule has 21 heavy (non-hydrogen) atoms. The summed E-state index contributed by atoms with van der Waals surface area (Å²) in [5.41, 5.74) is -4.38. The lowest BCUT2D eigenvalue weighted by molar-refractivity contribution is -0.292. The molecule has 0 unspecified atom stereocenters. The standard InChI is InChI=1S/C9H3F10NS/c10-6(11,8(14,15)16)3-1-20-2-4(5(3)21)7(12,13)9(17,18)19/h1-2H,(H,20,21). The van der Waals surface area contributed by atoms with E-state index in [4.69, 9.17) is 0 Å². The van der Waals surface area contributed by atoms with Crippen molar-refractivity contribution in [1.29, 1.82) is 0 Å². The van der Waals surface area contributed by atoms with E-state index in [0.717, 1.165) is 0 Å². The second-order valence-electron chi connectivity index (χ2n) is 3.76. The maximum atomic E-state index is 13.1. The summed E-state index contributed by atoms with van der Waals surface area (Å²) in [7, 11) is 0. The lowest BCUT2D eigenvalue weighted by Crippen LogP contribution is -2.37. The number of H-pyrrole nitrogens is 1. The van der Waals surface area contributed by atoms with E-state index in [1.807, 2.05) is 0 Å². The Morgan fingerprint density at radius 1 is 0.667 bits per heavy atom. The summed E-state index contributed by atoms with van der Waals surface area (Å²) >= 11 is 3.95. The van der Waals surface area contributed by atoms with Gasteiger partial charge in [-0.3, -0.25) is 0 Å². The van der Waals surface area contributed by atoms with Crippen molar-refractivity contribution in [2.75, 3.05) is 0 Å². The lowest BCUT2D eigenvalue weighted by atomic mass is 10.0. The molecule has 0 bridgehead atoms. The summed E-state index contributed by atoms with van der Waals surface area (Å²) < 4.78 is 123. The van der Waals surface area contributed by atoms with Gasteiger partial charge in [-0.05, 0) is 0 Å². The molecule has 0 aliphatic rings. The van der Waals surface area contributed by atoms with Crippen LogP contribution in [0.4, 0.5) is 43.9 Å². The fraction of sp³-hybridized carbons (Fsp3) is 0.444.